The van der Waals surface area contributed by atoms with E-state index in [1.807, 2.05) is 0 Å². The molecular weight excluding hydrogens is 532 g/mol. The van der Waals surface area contributed by atoms with Crippen molar-refractivity contribution >= 4 is 45.3 Å². The van der Waals surface area contributed by atoms with Gasteiger partial charge in [-0.1, -0.05) is 80.6 Å². The van der Waals surface area contributed by atoms with Crippen molar-refractivity contribution in [2.45, 2.75) is 47.0 Å². The largest absolute Gasteiger partial charge is 0.310 e. The van der Waals surface area contributed by atoms with Gasteiger partial charge in [-0.05, 0) is 103 Å². The van der Waals surface area contributed by atoms with E-state index in [2.05, 4.69) is 159 Å². The van der Waals surface area contributed by atoms with Crippen LogP contribution >= 0.6 is 0 Å². The van der Waals surface area contributed by atoms with Crippen molar-refractivity contribution < 1.29 is 0 Å². The third kappa shape index (κ3) is 4.04. The normalized spacial score (nSPS) is 16.5. The van der Waals surface area contributed by atoms with Crippen LogP contribution in [0.25, 0.3) is 39.4 Å². The summed E-state index contributed by atoms with van der Waals surface area (Å²) >= 11 is 0. The van der Waals surface area contributed by atoms with Gasteiger partial charge in [0.25, 0.3) is 0 Å². The number of hydrogen-bond donors (Lipinski definition) is 0. The maximum atomic E-state index is 4.00. The maximum Gasteiger partial charge on any atom is 0.0541 e. The predicted octanol–water partition coefficient (Wildman–Crippen LogP) is 9.50. The average molecular weight is 571 g/mol. The minimum atomic E-state index is 0.0563. The van der Waals surface area contributed by atoms with Crippen molar-refractivity contribution in [1.29, 1.82) is 0 Å². The van der Waals surface area contributed by atoms with E-state index in [4.69, 9.17) is 0 Å². The maximum absolute atomic E-state index is 4.00. The molecule has 8 rings (SSSR count). The molecule has 0 saturated carbocycles. The van der Waals surface area contributed by atoms with E-state index < -0.39 is 0 Å². The molecule has 0 unspecified atom stereocenters. The number of para-hydroxylation sites is 2. The number of terminal acetylenes is 1. The van der Waals surface area contributed by atoms with Crippen LogP contribution in [0.1, 0.15) is 51.7 Å². The quantitative estimate of drug-likeness (QED) is 0.188. The van der Waals surface area contributed by atoms with E-state index in [0.29, 0.717) is 0 Å². The number of rotatable bonds is 2. The Hall–Kier alpha value is -5.00. The minimum Gasteiger partial charge on any atom is -0.310 e. The summed E-state index contributed by atoms with van der Waals surface area (Å²) in [6.45, 7) is 9.36. The zero-order chi connectivity index (χ0) is 30.6. The van der Waals surface area contributed by atoms with E-state index in [0.717, 1.165) is 19.3 Å². The fourth-order valence-corrected chi connectivity index (χ4v) is 7.59. The first-order valence-corrected chi connectivity index (χ1v) is 15.6. The predicted molar refractivity (Wildman–Crippen MR) is 189 cm³/mol. The third-order valence-electron chi connectivity index (χ3n) is 10.0. The molecule has 0 saturated heterocycles. The molecule has 2 nitrogen and oxygen atoms in total. The fourth-order valence-electron chi connectivity index (χ4n) is 7.59. The summed E-state index contributed by atoms with van der Waals surface area (Å²) in [6.07, 6.45) is 18.2. The second kappa shape index (κ2) is 10.6. The molecule has 5 aromatic rings. The average Bonchev–Trinajstić information content (AvgIpc) is 3.41. The Labute approximate surface area is 261 Å². The molecule has 0 bridgehead atoms. The molecule has 3 aliphatic rings. The lowest BCUT2D eigenvalue weighted by Crippen LogP contribution is -2.40. The highest BCUT2D eigenvalue weighted by atomic mass is 15.2. The van der Waals surface area contributed by atoms with Gasteiger partial charge in [0.15, 0.2) is 0 Å². The molecule has 2 heteroatoms. The van der Waals surface area contributed by atoms with E-state index in [1.165, 1.54) is 72.1 Å². The van der Waals surface area contributed by atoms with Crippen LogP contribution in [-0.4, -0.2) is 4.57 Å². The lowest BCUT2D eigenvalue weighted by atomic mass is 9.72. The first-order chi connectivity index (χ1) is 21.5. The summed E-state index contributed by atoms with van der Waals surface area (Å²) in [5.41, 5.74) is 14.7. The van der Waals surface area contributed by atoms with E-state index in [1.54, 1.807) is 5.57 Å². The molecule has 3 heterocycles. The van der Waals surface area contributed by atoms with Crippen LogP contribution in [0.4, 0.5) is 17.1 Å². The fraction of sp³-hybridized carbons (Fsp3) is 0.190. The first-order valence-electron chi connectivity index (χ1n) is 15.6. The molecule has 0 radical (unpaired) electrons. The van der Waals surface area contributed by atoms with Gasteiger partial charge in [-0.15, -0.1) is 12.8 Å². The van der Waals surface area contributed by atoms with Crippen molar-refractivity contribution in [3.8, 4) is 24.0 Å². The van der Waals surface area contributed by atoms with Gasteiger partial charge >= 0.3 is 0 Å². The molecule has 0 fully saturated rings. The Morgan fingerprint density at radius 2 is 1.50 bits per heavy atom. The van der Waals surface area contributed by atoms with Gasteiger partial charge in [-0.25, -0.2) is 0 Å². The van der Waals surface area contributed by atoms with Gasteiger partial charge in [-0.2, -0.15) is 0 Å². The van der Waals surface area contributed by atoms with Crippen molar-refractivity contribution in [2.75, 3.05) is 4.90 Å². The van der Waals surface area contributed by atoms with Crippen LogP contribution < -0.4 is 15.5 Å². The number of hydrogen-bond acceptors (Lipinski definition) is 1. The smallest absolute Gasteiger partial charge is 0.0541 e. The number of anilines is 3. The van der Waals surface area contributed by atoms with Gasteiger partial charge in [-0.3, -0.25) is 0 Å². The van der Waals surface area contributed by atoms with Crippen molar-refractivity contribution in [3.05, 3.63) is 130 Å². The van der Waals surface area contributed by atoms with Crippen LogP contribution in [0.3, 0.4) is 0 Å². The summed E-state index contributed by atoms with van der Waals surface area (Å²) in [4.78, 5) is 2.43. The number of benzene rings is 4. The van der Waals surface area contributed by atoms with Crippen molar-refractivity contribution in [2.24, 2.45) is 5.41 Å². The van der Waals surface area contributed by atoms with Gasteiger partial charge in [0.05, 0.1) is 16.6 Å². The standard InChI is InChI=1S/C40H36N2.C2H2/c1-5-32-33-24-27(21-22-36(33)42-37-18-12-10-16-34(37)40(3,4)26(2)39(32)42)28-19-20-30-23-29-13-9-11-17-35(29)41(38(30)25-28)31-14-7-6-8-15-31;1-2/h5-9,11-15,17-22,24-25H,10,16,23H2,1-4H3;1-2H/b32-5-;. The number of nitrogens with zero attached hydrogens (tertiary/aromatic N) is 2. The van der Waals surface area contributed by atoms with E-state index >= 15 is 0 Å². The van der Waals surface area contributed by atoms with Gasteiger partial charge in [0.2, 0.25) is 0 Å². The summed E-state index contributed by atoms with van der Waals surface area (Å²) < 4.78 is 2.54. The summed E-state index contributed by atoms with van der Waals surface area (Å²) in [5.74, 6) is 0. The summed E-state index contributed by atoms with van der Waals surface area (Å²) in [5, 5.41) is 4.05. The highest BCUT2D eigenvalue weighted by Crippen LogP contribution is 2.46. The van der Waals surface area contributed by atoms with Crippen LogP contribution in [-0.2, 0) is 6.42 Å². The first kappa shape index (κ1) is 27.8. The Morgan fingerprint density at radius 3 is 2.30 bits per heavy atom. The number of allylic oxidation sites excluding steroid dienone is 4. The van der Waals surface area contributed by atoms with Gasteiger partial charge in [0, 0.05) is 39.5 Å². The topological polar surface area (TPSA) is 8.17 Å². The third-order valence-corrected chi connectivity index (χ3v) is 10.0. The lowest BCUT2D eigenvalue weighted by Gasteiger charge is -2.37. The Bertz CT molecular complexity index is 2150. The molecule has 44 heavy (non-hydrogen) atoms. The monoisotopic (exact) mass is 570 g/mol. The zero-order valence-corrected chi connectivity index (χ0v) is 26.1. The molecule has 4 aromatic carbocycles. The Morgan fingerprint density at radius 1 is 0.795 bits per heavy atom. The van der Waals surface area contributed by atoms with Crippen LogP contribution in [0.15, 0.2) is 109 Å². The Kier molecular flexibility index (Phi) is 6.71. The molecule has 216 valence electrons. The molecule has 0 atom stereocenters. The lowest BCUT2D eigenvalue weighted by molar-refractivity contribution is 0.550. The minimum absolute atomic E-state index is 0.0563. The SMILES string of the molecule is C#C.C/C=c1\c2n(c3ccc(-c4ccc5c(c4)N(c4ccccc4)c4ccccc4C5)cc13)C1=C(CCC=C1)C(C)(C)C=2C. The zero-order valence-electron chi connectivity index (χ0n) is 26.1. The molecule has 0 N–H and O–H groups in total. The highest BCUT2D eigenvalue weighted by Gasteiger charge is 2.34. The summed E-state index contributed by atoms with van der Waals surface area (Å²) in [7, 11) is 0. The second-order valence-corrected chi connectivity index (χ2v) is 12.5. The molecule has 0 spiro atoms. The van der Waals surface area contributed by atoms with Crippen LogP contribution in [0.5, 0.6) is 0 Å². The number of fused-ring (bicyclic) bond motifs is 6. The number of aromatic nitrogens is 1. The molecular formula is C42H38N2. The molecule has 1 aromatic heterocycles. The second-order valence-electron chi connectivity index (χ2n) is 12.5. The van der Waals surface area contributed by atoms with Crippen molar-refractivity contribution in [1.82, 2.24) is 4.57 Å². The van der Waals surface area contributed by atoms with Crippen LogP contribution in [0, 0.1) is 18.3 Å². The van der Waals surface area contributed by atoms with Crippen LogP contribution in [0.2, 0.25) is 0 Å². The Balaban J connectivity index is 0.00000153. The molecule has 0 amide bonds. The highest BCUT2D eigenvalue weighted by molar-refractivity contribution is 5.94. The van der Waals surface area contributed by atoms with E-state index in [9.17, 15) is 0 Å². The molecule has 2 aliphatic heterocycles. The van der Waals surface area contributed by atoms with E-state index in [-0.39, 0.29) is 5.41 Å². The van der Waals surface area contributed by atoms with Crippen molar-refractivity contribution in [3.63, 3.8) is 0 Å². The molecule has 1 aliphatic carbocycles. The van der Waals surface area contributed by atoms with Gasteiger partial charge in [0.1, 0.15) is 0 Å². The summed E-state index contributed by atoms with van der Waals surface area (Å²) in [6, 6.07) is 33.7. The van der Waals surface area contributed by atoms with Gasteiger partial charge < -0.3 is 9.47 Å².